The Morgan fingerprint density at radius 2 is 1.00 bits per heavy atom. The number of hydrogen-bond acceptors (Lipinski definition) is 5. The molecule has 1 fully saturated rings. The van der Waals surface area contributed by atoms with Gasteiger partial charge in [0.15, 0.2) is 5.34 Å². The number of rotatable bonds is 5. The SMILES string of the molecule is CC(C)c1cccc(C(C)C)c1N1C(C)(C)CC(C)(C)C1(B1Oc2ccccc2O1)B1Oc2ccccc2O1. The van der Waals surface area contributed by atoms with E-state index in [4.69, 9.17) is 18.6 Å². The normalized spacial score (nSPS) is 19.9. The van der Waals surface area contributed by atoms with Crippen LogP contribution in [0.4, 0.5) is 5.69 Å². The Morgan fingerprint density at radius 3 is 1.36 bits per heavy atom. The minimum absolute atomic E-state index is 0.263. The molecule has 3 aromatic carbocycles. The zero-order valence-corrected chi connectivity index (χ0v) is 24.4. The number of nitrogens with zero attached hydrogens (tertiary/aromatic N) is 1. The molecule has 0 N–H and O–H groups in total. The molecule has 0 radical (unpaired) electrons. The third kappa shape index (κ3) is 3.76. The van der Waals surface area contributed by atoms with Crippen LogP contribution in [0, 0.1) is 5.41 Å². The van der Waals surface area contributed by atoms with Crippen molar-refractivity contribution in [2.24, 2.45) is 5.41 Å². The van der Waals surface area contributed by atoms with Crippen molar-refractivity contribution in [3.63, 3.8) is 0 Å². The maximum absolute atomic E-state index is 6.76. The quantitative estimate of drug-likeness (QED) is 0.321. The van der Waals surface area contributed by atoms with E-state index in [2.05, 4.69) is 78.5 Å². The Balaban J connectivity index is 1.65. The highest BCUT2D eigenvalue weighted by Crippen LogP contribution is 2.61. The first-order valence-corrected chi connectivity index (χ1v) is 14.3. The second-order valence-electron chi connectivity index (χ2n) is 13.2. The predicted octanol–water partition coefficient (Wildman–Crippen LogP) is 7.68. The van der Waals surface area contributed by atoms with Crippen molar-refractivity contribution < 1.29 is 18.6 Å². The Morgan fingerprint density at radius 1 is 0.615 bits per heavy atom. The molecule has 202 valence electrons. The Bertz CT molecular complexity index is 1270. The minimum Gasteiger partial charge on any atom is -0.522 e. The molecule has 3 aliphatic rings. The van der Waals surface area contributed by atoms with Gasteiger partial charge in [-0.05, 0) is 72.9 Å². The number of hydrogen-bond donors (Lipinski definition) is 0. The Kier molecular flexibility index (Phi) is 5.94. The van der Waals surface area contributed by atoms with Crippen LogP contribution in [0.2, 0.25) is 0 Å². The van der Waals surface area contributed by atoms with Crippen molar-refractivity contribution >= 4 is 19.9 Å². The summed E-state index contributed by atoms with van der Waals surface area (Å²) < 4.78 is 27.1. The summed E-state index contributed by atoms with van der Waals surface area (Å²) in [5, 5.41) is -0.844. The molecule has 0 aliphatic carbocycles. The topological polar surface area (TPSA) is 40.2 Å². The second-order valence-corrected chi connectivity index (χ2v) is 13.2. The van der Waals surface area contributed by atoms with Gasteiger partial charge in [0.2, 0.25) is 0 Å². The fourth-order valence-electron chi connectivity index (χ4n) is 7.48. The summed E-state index contributed by atoms with van der Waals surface area (Å²) in [6, 6.07) is 22.6. The number of para-hydroxylation sites is 5. The van der Waals surface area contributed by atoms with E-state index in [1.165, 1.54) is 16.8 Å². The highest BCUT2D eigenvalue weighted by Gasteiger charge is 2.81. The molecule has 0 aromatic heterocycles. The summed E-state index contributed by atoms with van der Waals surface area (Å²) in [7, 11) is -1.32. The average molecular weight is 523 g/mol. The summed E-state index contributed by atoms with van der Waals surface area (Å²) in [5.74, 6) is 3.64. The van der Waals surface area contributed by atoms with Gasteiger partial charge in [-0.25, -0.2) is 0 Å². The van der Waals surface area contributed by atoms with E-state index in [0.717, 1.165) is 29.4 Å². The Labute approximate surface area is 234 Å². The number of benzene rings is 3. The molecule has 39 heavy (non-hydrogen) atoms. The lowest BCUT2D eigenvalue weighted by molar-refractivity contribution is 0.268. The molecular formula is C32H39B2NO4. The highest BCUT2D eigenvalue weighted by atomic mass is 16.7. The van der Waals surface area contributed by atoms with E-state index >= 15 is 0 Å². The van der Waals surface area contributed by atoms with Gasteiger partial charge in [0.25, 0.3) is 0 Å². The maximum atomic E-state index is 6.76. The summed E-state index contributed by atoms with van der Waals surface area (Å²) in [4.78, 5) is 2.58. The zero-order chi connectivity index (χ0) is 27.7. The molecule has 3 aromatic rings. The fourth-order valence-corrected chi connectivity index (χ4v) is 7.48. The van der Waals surface area contributed by atoms with Gasteiger partial charge in [-0.15, -0.1) is 0 Å². The lowest BCUT2D eigenvalue weighted by Crippen LogP contribution is -2.78. The van der Waals surface area contributed by atoms with E-state index in [1.54, 1.807) is 0 Å². The predicted molar refractivity (Wildman–Crippen MR) is 159 cm³/mol. The molecule has 5 nitrogen and oxygen atoms in total. The standard InChI is InChI=1S/C32H39B2NO4/c1-21(2)23-14-13-15-24(22(3)4)29(23)35-31(7,8)20-30(5,6)32(35,33-36-25-16-9-10-17-26(25)37-33)34-38-27-18-11-12-19-28(27)39-34/h9-19,21-22H,20H2,1-8H3. The van der Waals surface area contributed by atoms with E-state index in [-0.39, 0.29) is 11.0 Å². The van der Waals surface area contributed by atoms with Crippen LogP contribution in [0.1, 0.15) is 84.8 Å². The van der Waals surface area contributed by atoms with Crippen molar-refractivity contribution in [3.05, 3.63) is 77.9 Å². The second kappa shape index (κ2) is 8.90. The molecule has 0 atom stereocenters. The Hall–Kier alpha value is -3.21. The molecule has 0 bridgehead atoms. The first-order chi connectivity index (χ1) is 18.5. The van der Waals surface area contributed by atoms with Crippen LogP contribution in [-0.2, 0) is 0 Å². The summed E-state index contributed by atoms with van der Waals surface area (Å²) in [6.07, 6.45) is 0.892. The highest BCUT2D eigenvalue weighted by molar-refractivity contribution is 6.75. The van der Waals surface area contributed by atoms with Crippen molar-refractivity contribution in [2.45, 2.75) is 84.5 Å². The molecular weight excluding hydrogens is 484 g/mol. The molecule has 6 rings (SSSR count). The molecule has 3 heterocycles. The molecule has 0 amide bonds. The van der Waals surface area contributed by atoms with Crippen LogP contribution >= 0.6 is 0 Å². The summed E-state index contributed by atoms with van der Waals surface area (Å²) in [5.41, 5.74) is 3.25. The smallest absolute Gasteiger partial charge is 0.522 e. The van der Waals surface area contributed by atoms with Gasteiger partial charge in [0.1, 0.15) is 23.0 Å². The summed E-state index contributed by atoms with van der Waals surface area (Å²) in [6.45, 7) is 18.4. The van der Waals surface area contributed by atoms with Crippen LogP contribution in [0.25, 0.3) is 0 Å². The van der Waals surface area contributed by atoms with Gasteiger partial charge in [-0.3, -0.25) is 0 Å². The lowest BCUT2D eigenvalue weighted by Gasteiger charge is -2.50. The van der Waals surface area contributed by atoms with Crippen LogP contribution < -0.4 is 23.5 Å². The summed E-state index contributed by atoms with van der Waals surface area (Å²) >= 11 is 0. The van der Waals surface area contributed by atoms with Gasteiger partial charge in [-0.2, -0.15) is 0 Å². The molecule has 0 saturated carbocycles. The van der Waals surface area contributed by atoms with E-state index in [0.29, 0.717) is 11.8 Å². The zero-order valence-electron chi connectivity index (χ0n) is 24.4. The van der Waals surface area contributed by atoms with E-state index < -0.39 is 19.6 Å². The maximum Gasteiger partial charge on any atom is 0.623 e. The number of anilines is 1. The molecule has 3 aliphatic heterocycles. The van der Waals surface area contributed by atoms with Gasteiger partial charge in [-0.1, -0.05) is 84.0 Å². The minimum atomic E-state index is -0.844. The molecule has 7 heteroatoms. The van der Waals surface area contributed by atoms with E-state index in [9.17, 15) is 0 Å². The largest absolute Gasteiger partial charge is 0.623 e. The third-order valence-electron chi connectivity index (χ3n) is 8.85. The van der Waals surface area contributed by atoms with Gasteiger partial charge < -0.3 is 23.5 Å². The fraction of sp³-hybridized carbons (Fsp3) is 0.438. The third-order valence-corrected chi connectivity index (χ3v) is 8.85. The van der Waals surface area contributed by atoms with Crippen LogP contribution in [0.15, 0.2) is 66.7 Å². The molecule has 1 saturated heterocycles. The van der Waals surface area contributed by atoms with Gasteiger partial charge >= 0.3 is 14.2 Å². The first kappa shape index (κ1) is 26.0. The van der Waals surface area contributed by atoms with Crippen molar-refractivity contribution in [1.29, 1.82) is 0 Å². The monoisotopic (exact) mass is 523 g/mol. The van der Waals surface area contributed by atoms with Crippen molar-refractivity contribution in [2.75, 3.05) is 4.90 Å². The van der Waals surface area contributed by atoms with Crippen LogP contribution in [0.3, 0.4) is 0 Å². The first-order valence-electron chi connectivity index (χ1n) is 14.3. The van der Waals surface area contributed by atoms with E-state index in [1.807, 2.05) is 48.5 Å². The van der Waals surface area contributed by atoms with Gasteiger partial charge in [0, 0.05) is 11.2 Å². The number of fused-ring (bicyclic) bond motifs is 2. The van der Waals surface area contributed by atoms with Crippen molar-refractivity contribution in [3.8, 4) is 23.0 Å². The lowest BCUT2D eigenvalue weighted by atomic mass is 9.36. The van der Waals surface area contributed by atoms with Crippen molar-refractivity contribution in [1.82, 2.24) is 0 Å². The molecule has 0 unspecified atom stereocenters. The van der Waals surface area contributed by atoms with Gasteiger partial charge in [0.05, 0.1) is 0 Å². The van der Waals surface area contributed by atoms with Crippen LogP contribution in [-0.4, -0.2) is 25.1 Å². The van der Waals surface area contributed by atoms with Crippen LogP contribution in [0.5, 0.6) is 23.0 Å². The average Bonchev–Trinajstić information content (AvgIpc) is 3.53. The molecule has 0 spiro atoms.